The lowest BCUT2D eigenvalue weighted by Crippen LogP contribution is -2.49. The molecule has 1 aliphatic rings. The van der Waals surface area contributed by atoms with E-state index in [0.29, 0.717) is 24.3 Å². The Morgan fingerprint density at radius 1 is 1.04 bits per heavy atom. The van der Waals surface area contributed by atoms with Gasteiger partial charge in [-0.2, -0.15) is 0 Å². The van der Waals surface area contributed by atoms with Crippen molar-refractivity contribution in [3.63, 3.8) is 0 Å². The van der Waals surface area contributed by atoms with Crippen molar-refractivity contribution in [3.05, 3.63) is 59.4 Å². The molecule has 2 N–H and O–H groups in total. The van der Waals surface area contributed by atoms with Gasteiger partial charge in [-0.15, -0.1) is 0 Å². The number of rotatable bonds is 2. The molecule has 0 unspecified atom stereocenters. The van der Waals surface area contributed by atoms with Gasteiger partial charge in [0.15, 0.2) is 0 Å². The number of halogens is 1. The van der Waals surface area contributed by atoms with Gasteiger partial charge in [-0.05, 0) is 48.9 Å². The van der Waals surface area contributed by atoms with E-state index in [1.54, 1.807) is 18.2 Å². The standard InChI is InChI=1S/C18H20FN3O/c1-13-16(3-2-4-17(13)20)18(23)22-11-9-21(10-12-22)15-7-5-14(19)6-8-15/h2-8H,9-12,20H2,1H3. The summed E-state index contributed by atoms with van der Waals surface area (Å²) in [6, 6.07) is 11.9. The van der Waals surface area contributed by atoms with Crippen LogP contribution < -0.4 is 10.6 Å². The van der Waals surface area contributed by atoms with Gasteiger partial charge in [-0.3, -0.25) is 4.79 Å². The average Bonchev–Trinajstić information content (AvgIpc) is 2.58. The van der Waals surface area contributed by atoms with E-state index < -0.39 is 0 Å². The molecule has 0 bridgehead atoms. The molecule has 4 nitrogen and oxygen atoms in total. The summed E-state index contributed by atoms with van der Waals surface area (Å²) < 4.78 is 13.0. The molecule has 1 saturated heterocycles. The van der Waals surface area contributed by atoms with Crippen molar-refractivity contribution in [3.8, 4) is 0 Å². The Bertz CT molecular complexity index is 707. The van der Waals surface area contributed by atoms with Crippen LogP contribution in [0, 0.1) is 12.7 Å². The summed E-state index contributed by atoms with van der Waals surface area (Å²) in [7, 11) is 0. The molecule has 1 amide bonds. The van der Waals surface area contributed by atoms with Crippen LogP contribution in [0.2, 0.25) is 0 Å². The normalized spacial score (nSPS) is 14.9. The lowest BCUT2D eigenvalue weighted by atomic mass is 10.1. The molecule has 3 rings (SSSR count). The third-order valence-corrected chi connectivity index (χ3v) is 4.36. The maximum atomic E-state index is 13.0. The molecule has 5 heteroatoms. The summed E-state index contributed by atoms with van der Waals surface area (Å²) in [5.41, 5.74) is 9.01. The predicted molar refractivity (Wildman–Crippen MR) is 90.1 cm³/mol. The largest absolute Gasteiger partial charge is 0.398 e. The van der Waals surface area contributed by atoms with Gasteiger partial charge in [-0.25, -0.2) is 4.39 Å². The van der Waals surface area contributed by atoms with E-state index in [2.05, 4.69) is 4.90 Å². The van der Waals surface area contributed by atoms with Crippen molar-refractivity contribution in [1.82, 2.24) is 4.90 Å². The molecule has 2 aromatic carbocycles. The van der Waals surface area contributed by atoms with Gasteiger partial charge in [0.25, 0.3) is 5.91 Å². The van der Waals surface area contributed by atoms with Gasteiger partial charge < -0.3 is 15.5 Å². The Labute approximate surface area is 135 Å². The van der Waals surface area contributed by atoms with Crippen LogP contribution in [-0.2, 0) is 0 Å². The van der Waals surface area contributed by atoms with Gasteiger partial charge in [0.05, 0.1) is 0 Å². The fourth-order valence-electron chi connectivity index (χ4n) is 2.88. The lowest BCUT2D eigenvalue weighted by molar-refractivity contribution is 0.0746. The number of piperazine rings is 1. The summed E-state index contributed by atoms with van der Waals surface area (Å²) in [6.07, 6.45) is 0. The molecule has 0 atom stereocenters. The Morgan fingerprint density at radius 2 is 1.70 bits per heavy atom. The number of nitrogen functional groups attached to an aromatic ring is 1. The van der Waals surface area contributed by atoms with Gasteiger partial charge in [0, 0.05) is 43.1 Å². The second-order valence-electron chi connectivity index (χ2n) is 5.78. The molecule has 0 aliphatic carbocycles. The molecule has 1 fully saturated rings. The van der Waals surface area contributed by atoms with Crippen molar-refractivity contribution in [2.24, 2.45) is 0 Å². The minimum Gasteiger partial charge on any atom is -0.398 e. The van der Waals surface area contributed by atoms with Crippen molar-refractivity contribution >= 4 is 17.3 Å². The summed E-state index contributed by atoms with van der Waals surface area (Å²) >= 11 is 0. The number of amides is 1. The van der Waals surface area contributed by atoms with Gasteiger partial charge >= 0.3 is 0 Å². The fraction of sp³-hybridized carbons (Fsp3) is 0.278. The number of nitrogens with zero attached hydrogens (tertiary/aromatic N) is 2. The molecule has 0 radical (unpaired) electrons. The third-order valence-electron chi connectivity index (χ3n) is 4.36. The van der Waals surface area contributed by atoms with E-state index in [1.807, 2.05) is 24.0 Å². The molecular weight excluding hydrogens is 293 g/mol. The number of nitrogens with two attached hydrogens (primary N) is 1. The molecular formula is C18H20FN3O. The van der Waals surface area contributed by atoms with Crippen LogP contribution in [0.15, 0.2) is 42.5 Å². The minimum absolute atomic E-state index is 0.0218. The highest BCUT2D eigenvalue weighted by atomic mass is 19.1. The zero-order valence-corrected chi connectivity index (χ0v) is 13.1. The van der Waals surface area contributed by atoms with E-state index in [0.717, 1.165) is 24.3 Å². The first-order valence-corrected chi connectivity index (χ1v) is 7.71. The topological polar surface area (TPSA) is 49.6 Å². The second kappa shape index (κ2) is 6.28. The number of carbonyl (C=O) groups excluding carboxylic acids is 1. The summed E-state index contributed by atoms with van der Waals surface area (Å²) in [6.45, 7) is 4.63. The number of carbonyl (C=O) groups is 1. The first-order chi connectivity index (χ1) is 11.1. The van der Waals surface area contributed by atoms with Crippen LogP contribution in [0.3, 0.4) is 0 Å². The quantitative estimate of drug-likeness (QED) is 0.867. The number of hydrogen-bond donors (Lipinski definition) is 1. The molecule has 23 heavy (non-hydrogen) atoms. The van der Waals surface area contributed by atoms with Crippen LogP contribution in [0.1, 0.15) is 15.9 Å². The zero-order valence-electron chi connectivity index (χ0n) is 13.1. The molecule has 1 heterocycles. The van der Waals surface area contributed by atoms with Crippen LogP contribution in [0.4, 0.5) is 15.8 Å². The molecule has 0 spiro atoms. The van der Waals surface area contributed by atoms with Crippen molar-refractivity contribution in [1.29, 1.82) is 0 Å². The Balaban J connectivity index is 1.68. The smallest absolute Gasteiger partial charge is 0.254 e. The molecule has 1 aliphatic heterocycles. The lowest BCUT2D eigenvalue weighted by Gasteiger charge is -2.36. The molecule has 2 aromatic rings. The molecule has 120 valence electrons. The Morgan fingerprint density at radius 3 is 2.35 bits per heavy atom. The highest BCUT2D eigenvalue weighted by molar-refractivity contribution is 5.97. The monoisotopic (exact) mass is 313 g/mol. The summed E-state index contributed by atoms with van der Waals surface area (Å²) in [4.78, 5) is 16.7. The maximum absolute atomic E-state index is 13.0. The maximum Gasteiger partial charge on any atom is 0.254 e. The number of hydrogen-bond acceptors (Lipinski definition) is 3. The SMILES string of the molecule is Cc1c(N)cccc1C(=O)N1CCN(c2ccc(F)cc2)CC1. The minimum atomic E-state index is -0.236. The van der Waals surface area contributed by atoms with Gasteiger partial charge in [-0.1, -0.05) is 6.07 Å². The number of anilines is 2. The Kier molecular flexibility index (Phi) is 4.19. The van der Waals surface area contributed by atoms with Crippen molar-refractivity contribution in [2.75, 3.05) is 36.8 Å². The first kappa shape index (κ1) is 15.3. The van der Waals surface area contributed by atoms with Crippen LogP contribution in [0.25, 0.3) is 0 Å². The highest BCUT2D eigenvalue weighted by Crippen LogP contribution is 2.20. The summed E-state index contributed by atoms with van der Waals surface area (Å²) in [5.74, 6) is -0.215. The first-order valence-electron chi connectivity index (χ1n) is 7.71. The highest BCUT2D eigenvalue weighted by Gasteiger charge is 2.23. The van der Waals surface area contributed by atoms with E-state index in [4.69, 9.17) is 5.73 Å². The van der Waals surface area contributed by atoms with E-state index >= 15 is 0 Å². The molecule has 0 aromatic heterocycles. The molecule has 0 saturated carbocycles. The second-order valence-corrected chi connectivity index (χ2v) is 5.78. The van der Waals surface area contributed by atoms with E-state index in [9.17, 15) is 9.18 Å². The fourth-order valence-corrected chi connectivity index (χ4v) is 2.88. The van der Waals surface area contributed by atoms with Crippen molar-refractivity contribution in [2.45, 2.75) is 6.92 Å². The predicted octanol–water partition coefficient (Wildman–Crippen LogP) is 2.68. The average molecular weight is 313 g/mol. The van der Waals surface area contributed by atoms with Gasteiger partial charge in [0.1, 0.15) is 5.82 Å². The Hall–Kier alpha value is -2.56. The number of benzene rings is 2. The van der Waals surface area contributed by atoms with E-state index in [1.165, 1.54) is 12.1 Å². The van der Waals surface area contributed by atoms with Crippen LogP contribution in [0.5, 0.6) is 0 Å². The van der Waals surface area contributed by atoms with Crippen LogP contribution >= 0.6 is 0 Å². The van der Waals surface area contributed by atoms with E-state index in [-0.39, 0.29) is 11.7 Å². The van der Waals surface area contributed by atoms with Crippen LogP contribution in [-0.4, -0.2) is 37.0 Å². The summed E-state index contributed by atoms with van der Waals surface area (Å²) in [5, 5.41) is 0. The van der Waals surface area contributed by atoms with Crippen molar-refractivity contribution < 1.29 is 9.18 Å². The zero-order chi connectivity index (χ0) is 16.4. The van der Waals surface area contributed by atoms with Gasteiger partial charge in [0.2, 0.25) is 0 Å². The third kappa shape index (κ3) is 3.13.